The summed E-state index contributed by atoms with van der Waals surface area (Å²) in [4.78, 5) is 4.17. The number of anilines is 1. The SMILES string of the molecule is COc1ccc(Br)c(NCc2ccc(OC)nc2)c1. The van der Waals surface area contributed by atoms with Crippen LogP contribution in [0.1, 0.15) is 5.56 Å². The van der Waals surface area contributed by atoms with E-state index in [-0.39, 0.29) is 0 Å². The molecule has 0 spiro atoms. The van der Waals surface area contributed by atoms with E-state index in [1.165, 1.54) is 0 Å². The molecule has 0 amide bonds. The quantitative estimate of drug-likeness (QED) is 0.915. The van der Waals surface area contributed by atoms with Crippen molar-refractivity contribution in [3.63, 3.8) is 0 Å². The van der Waals surface area contributed by atoms with Crippen molar-refractivity contribution < 1.29 is 9.47 Å². The highest BCUT2D eigenvalue weighted by Gasteiger charge is 2.02. The zero-order valence-corrected chi connectivity index (χ0v) is 12.4. The van der Waals surface area contributed by atoms with Gasteiger partial charge in [0.2, 0.25) is 5.88 Å². The summed E-state index contributed by atoms with van der Waals surface area (Å²) in [6, 6.07) is 9.63. The molecule has 0 saturated heterocycles. The molecule has 1 N–H and O–H groups in total. The van der Waals surface area contributed by atoms with Crippen LogP contribution in [0, 0.1) is 0 Å². The summed E-state index contributed by atoms with van der Waals surface area (Å²) in [6.45, 7) is 0.683. The van der Waals surface area contributed by atoms with E-state index in [1.54, 1.807) is 20.4 Å². The van der Waals surface area contributed by atoms with Gasteiger partial charge < -0.3 is 14.8 Å². The lowest BCUT2D eigenvalue weighted by atomic mass is 10.2. The number of hydrogen-bond donors (Lipinski definition) is 1. The van der Waals surface area contributed by atoms with E-state index in [4.69, 9.17) is 9.47 Å². The standard InChI is InChI=1S/C14H15BrN2O2/c1-18-11-4-5-12(15)13(7-11)16-8-10-3-6-14(19-2)17-9-10/h3-7,9,16H,8H2,1-2H3. The summed E-state index contributed by atoms with van der Waals surface area (Å²) in [5, 5.41) is 3.33. The summed E-state index contributed by atoms with van der Waals surface area (Å²) in [5.41, 5.74) is 2.06. The molecule has 0 saturated carbocycles. The van der Waals surface area contributed by atoms with Gasteiger partial charge in [0.15, 0.2) is 0 Å². The summed E-state index contributed by atoms with van der Waals surface area (Å²) in [7, 11) is 3.26. The molecule has 0 bridgehead atoms. The number of methoxy groups -OCH3 is 2. The zero-order valence-electron chi connectivity index (χ0n) is 10.8. The number of nitrogens with zero attached hydrogens (tertiary/aromatic N) is 1. The van der Waals surface area contributed by atoms with Gasteiger partial charge in [0.1, 0.15) is 5.75 Å². The molecular formula is C14H15BrN2O2. The van der Waals surface area contributed by atoms with Crippen molar-refractivity contribution in [1.29, 1.82) is 0 Å². The molecule has 0 radical (unpaired) electrons. The molecule has 19 heavy (non-hydrogen) atoms. The van der Waals surface area contributed by atoms with E-state index in [0.29, 0.717) is 12.4 Å². The Bertz CT molecular complexity index is 544. The van der Waals surface area contributed by atoms with E-state index in [0.717, 1.165) is 21.5 Å². The van der Waals surface area contributed by atoms with Crippen molar-refractivity contribution in [3.8, 4) is 11.6 Å². The maximum atomic E-state index is 5.20. The molecule has 2 rings (SSSR count). The Balaban J connectivity index is 2.05. The molecular weight excluding hydrogens is 308 g/mol. The van der Waals surface area contributed by atoms with Crippen LogP contribution >= 0.6 is 15.9 Å². The van der Waals surface area contributed by atoms with Crippen LogP contribution in [-0.4, -0.2) is 19.2 Å². The number of nitrogens with one attached hydrogen (secondary N) is 1. The van der Waals surface area contributed by atoms with Gasteiger partial charge in [-0.1, -0.05) is 6.07 Å². The molecule has 4 nitrogen and oxygen atoms in total. The minimum atomic E-state index is 0.617. The molecule has 1 aromatic carbocycles. The third-order valence-corrected chi connectivity index (χ3v) is 3.35. The molecule has 0 unspecified atom stereocenters. The number of hydrogen-bond acceptors (Lipinski definition) is 4. The van der Waals surface area contributed by atoms with Gasteiger partial charge >= 0.3 is 0 Å². The fraction of sp³-hybridized carbons (Fsp3) is 0.214. The van der Waals surface area contributed by atoms with Crippen molar-refractivity contribution in [2.75, 3.05) is 19.5 Å². The lowest BCUT2D eigenvalue weighted by Crippen LogP contribution is -2.01. The molecule has 0 aliphatic rings. The molecule has 0 atom stereocenters. The van der Waals surface area contributed by atoms with Gasteiger partial charge in [-0.3, -0.25) is 0 Å². The summed E-state index contributed by atoms with van der Waals surface area (Å²) >= 11 is 3.50. The Kier molecular flexibility index (Phi) is 4.63. The van der Waals surface area contributed by atoms with Crippen molar-refractivity contribution in [2.45, 2.75) is 6.54 Å². The third kappa shape index (κ3) is 3.61. The summed E-state index contributed by atoms with van der Waals surface area (Å²) < 4.78 is 11.2. The number of benzene rings is 1. The first kappa shape index (κ1) is 13.7. The van der Waals surface area contributed by atoms with Gasteiger partial charge in [-0.05, 0) is 33.6 Å². The third-order valence-electron chi connectivity index (χ3n) is 2.66. The maximum Gasteiger partial charge on any atom is 0.212 e. The first-order valence-corrected chi connectivity index (χ1v) is 6.58. The Labute approximate surface area is 120 Å². The van der Waals surface area contributed by atoms with E-state index in [1.807, 2.05) is 30.3 Å². The number of pyridine rings is 1. The van der Waals surface area contributed by atoms with Gasteiger partial charge in [-0.15, -0.1) is 0 Å². The van der Waals surface area contributed by atoms with Crippen LogP contribution in [0.25, 0.3) is 0 Å². The normalized spacial score (nSPS) is 10.1. The van der Waals surface area contributed by atoms with Crippen molar-refractivity contribution >= 4 is 21.6 Å². The number of halogens is 1. The van der Waals surface area contributed by atoms with E-state index < -0.39 is 0 Å². The highest BCUT2D eigenvalue weighted by molar-refractivity contribution is 9.10. The Morgan fingerprint density at radius 2 is 2.00 bits per heavy atom. The molecule has 2 aromatic rings. The Hall–Kier alpha value is -1.75. The van der Waals surface area contributed by atoms with Gasteiger partial charge in [-0.25, -0.2) is 4.98 Å². The van der Waals surface area contributed by atoms with E-state index >= 15 is 0 Å². The second-order valence-corrected chi connectivity index (χ2v) is 4.76. The topological polar surface area (TPSA) is 43.4 Å². The van der Waals surface area contributed by atoms with Crippen LogP contribution in [0.5, 0.6) is 11.6 Å². The van der Waals surface area contributed by atoms with Crippen LogP contribution in [0.2, 0.25) is 0 Å². The van der Waals surface area contributed by atoms with Crippen LogP contribution in [0.3, 0.4) is 0 Å². The van der Waals surface area contributed by atoms with E-state index in [2.05, 4.69) is 26.2 Å². The lowest BCUT2D eigenvalue weighted by Gasteiger charge is -2.10. The largest absolute Gasteiger partial charge is 0.497 e. The molecule has 100 valence electrons. The van der Waals surface area contributed by atoms with Crippen LogP contribution < -0.4 is 14.8 Å². The van der Waals surface area contributed by atoms with Crippen LogP contribution in [0.15, 0.2) is 41.0 Å². The molecule has 1 aromatic heterocycles. The molecule has 0 fully saturated rings. The number of aromatic nitrogens is 1. The fourth-order valence-electron chi connectivity index (χ4n) is 1.60. The predicted molar refractivity (Wildman–Crippen MR) is 78.8 cm³/mol. The second-order valence-electron chi connectivity index (χ2n) is 3.91. The smallest absolute Gasteiger partial charge is 0.212 e. The van der Waals surface area contributed by atoms with E-state index in [9.17, 15) is 0 Å². The maximum absolute atomic E-state index is 5.20. The van der Waals surface area contributed by atoms with Gasteiger partial charge in [0.25, 0.3) is 0 Å². The number of ether oxygens (including phenoxy) is 2. The fourth-order valence-corrected chi connectivity index (χ4v) is 1.99. The van der Waals surface area contributed by atoms with Gasteiger partial charge in [0, 0.05) is 29.3 Å². The first-order valence-electron chi connectivity index (χ1n) is 5.79. The van der Waals surface area contributed by atoms with Gasteiger partial charge in [-0.2, -0.15) is 0 Å². The molecule has 0 aliphatic heterocycles. The highest BCUT2D eigenvalue weighted by Crippen LogP contribution is 2.27. The van der Waals surface area contributed by atoms with Crippen LogP contribution in [-0.2, 0) is 6.54 Å². The lowest BCUT2D eigenvalue weighted by molar-refractivity contribution is 0.397. The Morgan fingerprint density at radius 1 is 1.16 bits per heavy atom. The summed E-state index contributed by atoms with van der Waals surface area (Å²) in [6.07, 6.45) is 1.79. The average Bonchev–Trinajstić information content (AvgIpc) is 2.47. The average molecular weight is 323 g/mol. The predicted octanol–water partition coefficient (Wildman–Crippen LogP) is 3.47. The summed E-state index contributed by atoms with van der Waals surface area (Å²) in [5.74, 6) is 1.44. The minimum Gasteiger partial charge on any atom is -0.497 e. The van der Waals surface area contributed by atoms with Crippen molar-refractivity contribution in [1.82, 2.24) is 4.98 Å². The van der Waals surface area contributed by atoms with Gasteiger partial charge in [0.05, 0.1) is 19.9 Å². The molecule has 1 heterocycles. The first-order chi connectivity index (χ1) is 9.22. The Morgan fingerprint density at radius 3 is 2.63 bits per heavy atom. The monoisotopic (exact) mass is 322 g/mol. The zero-order chi connectivity index (χ0) is 13.7. The van der Waals surface area contributed by atoms with Crippen LogP contribution in [0.4, 0.5) is 5.69 Å². The highest BCUT2D eigenvalue weighted by atomic mass is 79.9. The molecule has 5 heteroatoms. The minimum absolute atomic E-state index is 0.617. The van der Waals surface area contributed by atoms with Crippen molar-refractivity contribution in [2.24, 2.45) is 0 Å². The molecule has 0 aliphatic carbocycles. The van der Waals surface area contributed by atoms with Crippen molar-refractivity contribution in [3.05, 3.63) is 46.6 Å². The second kappa shape index (κ2) is 6.43. The number of rotatable bonds is 5.